The summed E-state index contributed by atoms with van der Waals surface area (Å²) in [6.45, 7) is 7.67. The largest absolute Gasteiger partial charge is 0.396 e. The second kappa shape index (κ2) is 11.2. The summed E-state index contributed by atoms with van der Waals surface area (Å²) < 4.78 is 13.2. The highest BCUT2D eigenvalue weighted by Gasteiger charge is 2.32. The first-order valence-corrected chi connectivity index (χ1v) is 11.8. The number of aliphatic hydroxyl groups excluding tert-OH is 1. The minimum atomic E-state index is -0.185. The van der Waals surface area contributed by atoms with E-state index in [0.717, 1.165) is 51.1 Å². The zero-order valence-corrected chi connectivity index (χ0v) is 18.5. The van der Waals surface area contributed by atoms with E-state index in [1.54, 1.807) is 0 Å². The zero-order valence-electron chi connectivity index (χ0n) is 18.5. The normalized spacial score (nSPS) is 22.1. The van der Waals surface area contributed by atoms with Crippen LogP contribution in [0.1, 0.15) is 30.4 Å². The van der Waals surface area contributed by atoms with E-state index >= 15 is 0 Å². The predicted molar refractivity (Wildman–Crippen MR) is 123 cm³/mol. The lowest BCUT2D eigenvalue weighted by Crippen LogP contribution is -2.57. The topological polar surface area (TPSA) is 30.0 Å². The molecule has 0 spiro atoms. The minimum absolute atomic E-state index is 0.185. The van der Waals surface area contributed by atoms with Crippen molar-refractivity contribution in [2.45, 2.75) is 44.3 Å². The highest BCUT2D eigenvalue weighted by molar-refractivity contribution is 5.16. The molecule has 0 radical (unpaired) electrons. The number of hydrogen-bond acceptors (Lipinski definition) is 4. The molecule has 2 aromatic carbocycles. The predicted octanol–water partition coefficient (Wildman–Crippen LogP) is 3.40. The van der Waals surface area contributed by atoms with E-state index in [2.05, 4.69) is 45.0 Å². The molecule has 31 heavy (non-hydrogen) atoms. The van der Waals surface area contributed by atoms with Crippen molar-refractivity contribution in [3.05, 3.63) is 71.5 Å². The van der Waals surface area contributed by atoms with Gasteiger partial charge in [0.05, 0.1) is 0 Å². The highest BCUT2D eigenvalue weighted by atomic mass is 19.1. The number of halogens is 1. The fourth-order valence-corrected chi connectivity index (χ4v) is 5.14. The van der Waals surface area contributed by atoms with Gasteiger partial charge in [-0.15, -0.1) is 0 Å². The molecule has 0 aromatic heterocycles. The van der Waals surface area contributed by atoms with Crippen LogP contribution in [0.15, 0.2) is 54.6 Å². The Morgan fingerprint density at radius 1 is 0.871 bits per heavy atom. The molecule has 2 aliphatic heterocycles. The summed E-state index contributed by atoms with van der Waals surface area (Å²) >= 11 is 0. The van der Waals surface area contributed by atoms with Gasteiger partial charge in [0.2, 0.25) is 0 Å². The maximum Gasteiger partial charge on any atom is 0.123 e. The van der Waals surface area contributed by atoms with Crippen molar-refractivity contribution in [3.63, 3.8) is 0 Å². The molecule has 1 unspecified atom stereocenters. The van der Waals surface area contributed by atoms with E-state index in [1.807, 2.05) is 12.1 Å². The van der Waals surface area contributed by atoms with Crippen molar-refractivity contribution < 1.29 is 9.50 Å². The first-order chi connectivity index (χ1) is 15.2. The molecule has 2 saturated heterocycles. The van der Waals surface area contributed by atoms with E-state index in [-0.39, 0.29) is 12.4 Å². The molecule has 0 bridgehead atoms. The monoisotopic (exact) mass is 425 g/mol. The molecule has 2 fully saturated rings. The van der Waals surface area contributed by atoms with Gasteiger partial charge in [-0.2, -0.15) is 0 Å². The molecular weight excluding hydrogens is 389 g/mol. The summed E-state index contributed by atoms with van der Waals surface area (Å²) in [5.41, 5.74) is 2.57. The molecule has 2 aromatic rings. The summed E-state index contributed by atoms with van der Waals surface area (Å²) in [7, 11) is 0. The Balaban J connectivity index is 1.25. The molecule has 2 heterocycles. The first kappa shape index (κ1) is 22.4. The molecule has 0 saturated carbocycles. The highest BCUT2D eigenvalue weighted by Crippen LogP contribution is 2.23. The van der Waals surface area contributed by atoms with Crippen LogP contribution in [0.4, 0.5) is 4.39 Å². The second-order valence-corrected chi connectivity index (χ2v) is 9.07. The Labute approximate surface area is 186 Å². The third kappa shape index (κ3) is 6.36. The fourth-order valence-electron chi connectivity index (χ4n) is 5.14. The molecule has 4 nitrogen and oxygen atoms in total. The molecule has 0 aliphatic carbocycles. The zero-order chi connectivity index (χ0) is 21.5. The van der Waals surface area contributed by atoms with Crippen molar-refractivity contribution in [3.8, 4) is 0 Å². The molecule has 4 rings (SSSR count). The molecule has 1 atom stereocenters. The fraction of sp³-hybridized carbons (Fsp3) is 0.538. The van der Waals surface area contributed by atoms with Crippen molar-refractivity contribution in [2.75, 3.05) is 45.9 Å². The Morgan fingerprint density at radius 2 is 1.61 bits per heavy atom. The smallest absolute Gasteiger partial charge is 0.123 e. The van der Waals surface area contributed by atoms with Crippen LogP contribution < -0.4 is 0 Å². The summed E-state index contributed by atoms with van der Waals surface area (Å²) in [4.78, 5) is 7.74. The van der Waals surface area contributed by atoms with Gasteiger partial charge >= 0.3 is 0 Å². The number of benzene rings is 2. The summed E-state index contributed by atoms with van der Waals surface area (Å²) in [5, 5.41) is 9.62. The SMILES string of the molecule is OCCC1CN(C2CCN(CCc3ccccc3)CC2)CCN1Cc1ccc(F)cc1. The molecule has 2 aliphatic rings. The van der Waals surface area contributed by atoms with Crippen molar-refractivity contribution in [2.24, 2.45) is 0 Å². The van der Waals surface area contributed by atoms with Crippen LogP contribution in [0.3, 0.4) is 0 Å². The summed E-state index contributed by atoms with van der Waals surface area (Å²) in [6.07, 6.45) is 4.40. The van der Waals surface area contributed by atoms with Crippen LogP contribution in [0.2, 0.25) is 0 Å². The number of hydrogen-bond donors (Lipinski definition) is 1. The maximum absolute atomic E-state index is 13.2. The summed E-state index contributed by atoms with van der Waals surface area (Å²) in [6, 6.07) is 18.6. The van der Waals surface area contributed by atoms with Crippen LogP contribution in [0.5, 0.6) is 0 Å². The third-order valence-corrected chi connectivity index (χ3v) is 7.03. The van der Waals surface area contributed by atoms with E-state index in [0.29, 0.717) is 12.1 Å². The quantitative estimate of drug-likeness (QED) is 0.702. The van der Waals surface area contributed by atoms with Crippen molar-refractivity contribution >= 4 is 0 Å². The van der Waals surface area contributed by atoms with Crippen LogP contribution in [-0.2, 0) is 13.0 Å². The second-order valence-electron chi connectivity index (χ2n) is 9.07. The van der Waals surface area contributed by atoms with Gasteiger partial charge in [-0.1, -0.05) is 42.5 Å². The van der Waals surface area contributed by atoms with Gasteiger partial charge in [0.1, 0.15) is 5.82 Å². The molecule has 0 amide bonds. The minimum Gasteiger partial charge on any atom is -0.396 e. The van der Waals surface area contributed by atoms with Gasteiger partial charge in [-0.25, -0.2) is 4.39 Å². The average Bonchev–Trinajstić information content (AvgIpc) is 2.81. The Morgan fingerprint density at radius 3 is 2.32 bits per heavy atom. The Kier molecular flexibility index (Phi) is 8.09. The van der Waals surface area contributed by atoms with Gasteiger partial charge in [0, 0.05) is 51.4 Å². The lowest BCUT2D eigenvalue weighted by Gasteiger charge is -2.46. The number of rotatable bonds is 8. The number of piperazine rings is 1. The van der Waals surface area contributed by atoms with Crippen LogP contribution in [-0.4, -0.2) is 77.8 Å². The van der Waals surface area contributed by atoms with E-state index in [4.69, 9.17) is 0 Å². The lowest BCUT2D eigenvalue weighted by molar-refractivity contribution is 0.0132. The average molecular weight is 426 g/mol. The number of nitrogens with zero attached hydrogens (tertiary/aromatic N) is 3. The van der Waals surface area contributed by atoms with Gasteiger partial charge in [-0.3, -0.25) is 9.80 Å². The molecular formula is C26H36FN3O. The van der Waals surface area contributed by atoms with Gasteiger partial charge in [-0.05, 0) is 62.0 Å². The maximum atomic E-state index is 13.2. The number of piperidine rings is 1. The van der Waals surface area contributed by atoms with Gasteiger partial charge < -0.3 is 10.0 Å². The standard InChI is InChI=1S/C26H36FN3O/c27-24-8-6-23(7-9-24)20-29-17-18-30(21-26(29)13-19-31)25-11-15-28(16-12-25)14-10-22-4-2-1-3-5-22/h1-9,25-26,31H,10-21H2. The summed E-state index contributed by atoms with van der Waals surface area (Å²) in [5.74, 6) is -0.185. The van der Waals surface area contributed by atoms with E-state index in [1.165, 1.54) is 43.6 Å². The Bertz CT molecular complexity index is 777. The van der Waals surface area contributed by atoms with Gasteiger partial charge in [0.25, 0.3) is 0 Å². The van der Waals surface area contributed by atoms with Gasteiger partial charge in [0.15, 0.2) is 0 Å². The molecule has 1 N–H and O–H groups in total. The van der Waals surface area contributed by atoms with E-state index in [9.17, 15) is 9.50 Å². The molecule has 168 valence electrons. The third-order valence-electron chi connectivity index (χ3n) is 7.03. The van der Waals surface area contributed by atoms with Crippen molar-refractivity contribution in [1.82, 2.24) is 14.7 Å². The molecule has 5 heteroatoms. The lowest BCUT2D eigenvalue weighted by atomic mass is 9.99. The van der Waals surface area contributed by atoms with Crippen LogP contribution in [0.25, 0.3) is 0 Å². The first-order valence-electron chi connectivity index (χ1n) is 11.8. The van der Waals surface area contributed by atoms with Crippen LogP contribution >= 0.6 is 0 Å². The van der Waals surface area contributed by atoms with E-state index < -0.39 is 0 Å². The Hall–Kier alpha value is -1.79. The van der Waals surface area contributed by atoms with Crippen LogP contribution in [0, 0.1) is 5.82 Å². The number of likely N-dealkylation sites (tertiary alicyclic amines) is 1. The number of aliphatic hydroxyl groups is 1. The van der Waals surface area contributed by atoms with Crippen molar-refractivity contribution in [1.29, 1.82) is 0 Å².